The average Bonchev–Trinajstić information content (AvgIpc) is 2.63. The van der Waals surface area contributed by atoms with Gasteiger partial charge >= 0.3 is 0 Å². The topological polar surface area (TPSA) is 12.0 Å². The van der Waals surface area contributed by atoms with Gasteiger partial charge in [-0.15, -0.1) is 17.8 Å². The van der Waals surface area contributed by atoms with Crippen LogP contribution in [-0.2, 0) is 0 Å². The Morgan fingerprint density at radius 1 is 1.67 bits per heavy atom. The van der Waals surface area contributed by atoms with Gasteiger partial charge in [-0.05, 0) is 40.7 Å². The number of nitrogens with one attached hydrogen (secondary N) is 1. The first-order valence-corrected chi connectivity index (χ1v) is 6.81. The fourth-order valence-corrected chi connectivity index (χ4v) is 3.23. The van der Waals surface area contributed by atoms with Crippen molar-refractivity contribution < 1.29 is 0 Å². The Kier molecular flexibility index (Phi) is 5.38. The molecule has 0 fully saturated rings. The zero-order valence-corrected chi connectivity index (χ0v) is 11.5. The Bertz CT molecular complexity index is 340. The van der Waals surface area contributed by atoms with Crippen molar-refractivity contribution in [3.8, 4) is 12.3 Å². The maximum absolute atomic E-state index is 5.48. The lowest BCUT2D eigenvalue weighted by atomic mass is 10.1. The van der Waals surface area contributed by atoms with Crippen molar-refractivity contribution in [1.29, 1.82) is 0 Å². The molecule has 3 heteroatoms. The molecular formula is C12H16BrNS. The van der Waals surface area contributed by atoms with Crippen LogP contribution < -0.4 is 5.32 Å². The molecule has 0 aliphatic heterocycles. The van der Waals surface area contributed by atoms with E-state index in [1.54, 1.807) is 11.3 Å². The molecule has 0 saturated carbocycles. The third-order valence-corrected chi connectivity index (χ3v) is 4.32. The summed E-state index contributed by atoms with van der Waals surface area (Å²) < 4.78 is 1.17. The summed E-state index contributed by atoms with van der Waals surface area (Å²) in [7, 11) is 0. The van der Waals surface area contributed by atoms with Crippen molar-refractivity contribution in [2.75, 3.05) is 0 Å². The molecule has 0 aliphatic rings. The molecule has 0 aromatic carbocycles. The molecule has 15 heavy (non-hydrogen) atoms. The van der Waals surface area contributed by atoms with Crippen LogP contribution in [0.4, 0.5) is 0 Å². The first-order valence-electron chi connectivity index (χ1n) is 5.14. The Hall–Kier alpha value is -0.300. The van der Waals surface area contributed by atoms with E-state index < -0.39 is 0 Å². The molecule has 1 N–H and O–H groups in total. The average molecular weight is 286 g/mol. The minimum atomic E-state index is 0.180. The standard InChI is InChI=1S/C12H16BrNS/c1-4-6-10(5-2)14-9(3)12-11(13)7-8-15-12/h2,7-10,14H,4,6H2,1,3H3. The van der Waals surface area contributed by atoms with Gasteiger partial charge in [-0.2, -0.15) is 0 Å². The van der Waals surface area contributed by atoms with E-state index in [0.717, 1.165) is 12.8 Å². The van der Waals surface area contributed by atoms with Crippen LogP contribution in [0.2, 0.25) is 0 Å². The van der Waals surface area contributed by atoms with Crippen LogP contribution in [0.1, 0.15) is 37.6 Å². The summed E-state index contributed by atoms with van der Waals surface area (Å²) in [4.78, 5) is 1.31. The molecule has 1 heterocycles. The van der Waals surface area contributed by atoms with Crippen molar-refractivity contribution in [1.82, 2.24) is 5.32 Å². The molecule has 0 spiro atoms. The lowest BCUT2D eigenvalue weighted by Gasteiger charge is -2.18. The molecule has 2 unspecified atom stereocenters. The number of hydrogen-bond donors (Lipinski definition) is 1. The zero-order chi connectivity index (χ0) is 11.3. The van der Waals surface area contributed by atoms with Gasteiger partial charge in [-0.3, -0.25) is 5.32 Å². The van der Waals surface area contributed by atoms with Gasteiger partial charge in [0.2, 0.25) is 0 Å². The molecule has 0 saturated heterocycles. The molecule has 2 atom stereocenters. The molecule has 1 rings (SSSR count). The lowest BCUT2D eigenvalue weighted by Crippen LogP contribution is -2.29. The van der Waals surface area contributed by atoms with E-state index in [-0.39, 0.29) is 6.04 Å². The van der Waals surface area contributed by atoms with Crippen LogP contribution in [0.5, 0.6) is 0 Å². The summed E-state index contributed by atoms with van der Waals surface area (Å²) >= 11 is 5.29. The predicted molar refractivity (Wildman–Crippen MR) is 71.1 cm³/mol. The van der Waals surface area contributed by atoms with E-state index in [1.165, 1.54) is 9.35 Å². The van der Waals surface area contributed by atoms with Crippen LogP contribution in [-0.4, -0.2) is 6.04 Å². The summed E-state index contributed by atoms with van der Waals surface area (Å²) in [5.74, 6) is 2.79. The number of rotatable bonds is 5. The van der Waals surface area contributed by atoms with Crippen molar-refractivity contribution >= 4 is 27.3 Å². The van der Waals surface area contributed by atoms with Gasteiger partial charge in [-0.1, -0.05) is 19.3 Å². The van der Waals surface area contributed by atoms with Gasteiger partial charge in [0.25, 0.3) is 0 Å². The van der Waals surface area contributed by atoms with Crippen molar-refractivity contribution in [3.63, 3.8) is 0 Å². The van der Waals surface area contributed by atoms with Gasteiger partial charge in [0.1, 0.15) is 0 Å². The number of halogens is 1. The highest BCUT2D eigenvalue weighted by Crippen LogP contribution is 2.29. The maximum atomic E-state index is 5.48. The zero-order valence-electron chi connectivity index (χ0n) is 9.09. The second-order valence-electron chi connectivity index (χ2n) is 3.53. The van der Waals surface area contributed by atoms with Crippen LogP contribution in [0.25, 0.3) is 0 Å². The summed E-state index contributed by atoms with van der Waals surface area (Å²) in [6.07, 6.45) is 7.62. The molecule has 0 radical (unpaired) electrons. The molecule has 1 nitrogen and oxygen atoms in total. The Morgan fingerprint density at radius 3 is 2.87 bits per heavy atom. The van der Waals surface area contributed by atoms with Crippen LogP contribution in [0.3, 0.4) is 0 Å². The van der Waals surface area contributed by atoms with E-state index in [4.69, 9.17) is 6.42 Å². The third-order valence-electron chi connectivity index (χ3n) is 2.27. The highest BCUT2D eigenvalue weighted by atomic mass is 79.9. The largest absolute Gasteiger partial charge is 0.296 e. The second kappa shape index (κ2) is 6.32. The summed E-state index contributed by atoms with van der Waals surface area (Å²) in [5.41, 5.74) is 0. The Balaban J connectivity index is 2.59. The predicted octanol–water partition coefficient (Wildman–Crippen LogP) is 3.96. The first kappa shape index (κ1) is 12.8. The normalized spacial score (nSPS) is 14.5. The highest BCUT2D eigenvalue weighted by molar-refractivity contribution is 9.10. The smallest absolute Gasteiger partial charge is 0.0691 e. The van der Waals surface area contributed by atoms with Crippen LogP contribution in [0, 0.1) is 12.3 Å². The molecule has 1 aromatic heterocycles. The first-order chi connectivity index (χ1) is 7.19. The van der Waals surface area contributed by atoms with E-state index in [9.17, 15) is 0 Å². The van der Waals surface area contributed by atoms with Gasteiger partial charge in [0.05, 0.1) is 6.04 Å². The molecule has 0 bridgehead atoms. The van der Waals surface area contributed by atoms with E-state index >= 15 is 0 Å². The van der Waals surface area contributed by atoms with Gasteiger partial charge in [0.15, 0.2) is 0 Å². The third kappa shape index (κ3) is 3.64. The minimum absolute atomic E-state index is 0.180. The van der Waals surface area contributed by atoms with Crippen LogP contribution in [0.15, 0.2) is 15.9 Å². The quantitative estimate of drug-likeness (QED) is 0.808. The monoisotopic (exact) mass is 285 g/mol. The van der Waals surface area contributed by atoms with Gasteiger partial charge in [-0.25, -0.2) is 0 Å². The lowest BCUT2D eigenvalue weighted by molar-refractivity contribution is 0.499. The molecule has 0 aliphatic carbocycles. The fraction of sp³-hybridized carbons (Fsp3) is 0.500. The Labute approximate surface area is 104 Å². The number of terminal acetylenes is 1. The highest BCUT2D eigenvalue weighted by Gasteiger charge is 2.13. The van der Waals surface area contributed by atoms with Crippen molar-refractivity contribution in [2.45, 2.75) is 38.8 Å². The molecule has 82 valence electrons. The SMILES string of the molecule is C#CC(CCC)NC(C)c1sccc1Br. The summed E-state index contributed by atoms with van der Waals surface area (Å²) in [5, 5.41) is 5.54. The van der Waals surface area contributed by atoms with E-state index in [0.29, 0.717) is 6.04 Å². The molecule has 1 aromatic rings. The van der Waals surface area contributed by atoms with Crippen molar-refractivity contribution in [2.24, 2.45) is 0 Å². The van der Waals surface area contributed by atoms with Crippen molar-refractivity contribution in [3.05, 3.63) is 20.8 Å². The number of thiophene rings is 1. The number of hydrogen-bond acceptors (Lipinski definition) is 2. The minimum Gasteiger partial charge on any atom is -0.296 e. The summed E-state index contributed by atoms with van der Waals surface area (Å²) in [6.45, 7) is 4.30. The van der Waals surface area contributed by atoms with E-state index in [1.807, 2.05) is 0 Å². The fourth-order valence-electron chi connectivity index (χ4n) is 1.50. The molecular weight excluding hydrogens is 270 g/mol. The Morgan fingerprint density at radius 2 is 2.40 bits per heavy atom. The summed E-state index contributed by atoms with van der Waals surface area (Å²) in [6, 6.07) is 2.56. The maximum Gasteiger partial charge on any atom is 0.0691 e. The van der Waals surface area contributed by atoms with Crippen LogP contribution >= 0.6 is 27.3 Å². The molecule has 0 amide bonds. The van der Waals surface area contributed by atoms with E-state index in [2.05, 4.69) is 52.5 Å². The van der Waals surface area contributed by atoms with Gasteiger partial charge in [0, 0.05) is 15.4 Å². The second-order valence-corrected chi connectivity index (χ2v) is 5.33. The van der Waals surface area contributed by atoms with Gasteiger partial charge < -0.3 is 0 Å².